The number of amides is 1. The van der Waals surface area contributed by atoms with Crippen LogP contribution in [-0.2, 0) is 9.53 Å². The zero-order valence-corrected chi connectivity index (χ0v) is 16.9. The number of likely N-dealkylation sites (tertiary alicyclic amines) is 1. The largest absolute Gasteiger partial charge is 0.385 e. The summed E-state index contributed by atoms with van der Waals surface area (Å²) in [6.45, 7) is 5.31. The summed E-state index contributed by atoms with van der Waals surface area (Å²) in [5.74, 6) is 1.09. The maximum absolute atomic E-state index is 11.7. The number of carbonyl (C=O) groups is 1. The summed E-state index contributed by atoms with van der Waals surface area (Å²) in [5, 5.41) is 6.89. The van der Waals surface area contributed by atoms with E-state index in [0.717, 1.165) is 45.0 Å². The summed E-state index contributed by atoms with van der Waals surface area (Å²) in [5.41, 5.74) is 0.396. The van der Waals surface area contributed by atoms with Gasteiger partial charge in [0.25, 0.3) is 0 Å². The van der Waals surface area contributed by atoms with E-state index in [2.05, 4.69) is 15.6 Å². The first-order valence-electron chi connectivity index (χ1n) is 8.36. The topological polar surface area (TPSA) is 66.0 Å². The van der Waals surface area contributed by atoms with E-state index in [4.69, 9.17) is 4.74 Å². The molecular formula is C16H31IN4O2. The van der Waals surface area contributed by atoms with E-state index in [1.165, 1.54) is 12.8 Å². The summed E-state index contributed by atoms with van der Waals surface area (Å²) in [6.07, 6.45) is 5.21. The smallest absolute Gasteiger partial charge is 0.222 e. The molecular weight excluding hydrogens is 407 g/mol. The fraction of sp³-hybridized carbons (Fsp3) is 0.875. The van der Waals surface area contributed by atoms with Gasteiger partial charge in [0.2, 0.25) is 5.91 Å². The van der Waals surface area contributed by atoms with Gasteiger partial charge in [0.15, 0.2) is 5.96 Å². The molecule has 23 heavy (non-hydrogen) atoms. The summed E-state index contributed by atoms with van der Waals surface area (Å²) in [6, 6.07) is 0.302. The molecule has 0 aromatic carbocycles. The van der Waals surface area contributed by atoms with Gasteiger partial charge in [-0.15, -0.1) is 24.0 Å². The molecule has 0 spiro atoms. The van der Waals surface area contributed by atoms with Crippen LogP contribution in [0.2, 0.25) is 0 Å². The Kier molecular flexibility index (Phi) is 8.60. The van der Waals surface area contributed by atoms with Crippen LogP contribution in [-0.4, -0.2) is 63.2 Å². The number of ether oxygens (including phenoxy) is 1. The van der Waals surface area contributed by atoms with E-state index in [0.29, 0.717) is 17.9 Å². The molecule has 1 unspecified atom stereocenters. The number of hydrogen-bond acceptors (Lipinski definition) is 3. The van der Waals surface area contributed by atoms with Crippen molar-refractivity contribution >= 4 is 35.8 Å². The maximum Gasteiger partial charge on any atom is 0.222 e. The molecule has 2 rings (SSSR count). The lowest BCUT2D eigenvalue weighted by Crippen LogP contribution is -2.46. The minimum atomic E-state index is 0. The Balaban J connectivity index is 0.00000264. The number of methoxy groups -OCH3 is 1. The van der Waals surface area contributed by atoms with Crippen LogP contribution in [0.4, 0.5) is 0 Å². The number of rotatable bonds is 7. The molecule has 0 bridgehead atoms. The first-order valence-corrected chi connectivity index (χ1v) is 8.36. The Morgan fingerprint density at radius 3 is 2.74 bits per heavy atom. The first kappa shape index (κ1) is 20.5. The molecule has 2 fully saturated rings. The van der Waals surface area contributed by atoms with E-state index >= 15 is 0 Å². The number of guanidine groups is 1. The fourth-order valence-corrected chi connectivity index (χ4v) is 3.00. The zero-order chi connectivity index (χ0) is 16.0. The molecule has 1 atom stereocenters. The van der Waals surface area contributed by atoms with Crippen LogP contribution < -0.4 is 10.6 Å². The third-order valence-electron chi connectivity index (χ3n) is 4.83. The molecule has 1 aliphatic carbocycles. The second-order valence-corrected chi connectivity index (χ2v) is 6.49. The second kappa shape index (κ2) is 9.66. The van der Waals surface area contributed by atoms with Crippen molar-refractivity contribution in [3.8, 4) is 0 Å². The SMILES string of the molecule is CCC(=O)N1CCC(NC(=NC)NCC2(CCOC)CC2)C1.I. The van der Waals surface area contributed by atoms with Crippen LogP contribution in [0.1, 0.15) is 39.0 Å². The van der Waals surface area contributed by atoms with Gasteiger partial charge in [-0.05, 0) is 31.1 Å². The van der Waals surface area contributed by atoms with Crippen LogP contribution in [0.3, 0.4) is 0 Å². The summed E-state index contributed by atoms with van der Waals surface area (Å²) >= 11 is 0. The third-order valence-corrected chi connectivity index (χ3v) is 4.83. The predicted molar refractivity (Wildman–Crippen MR) is 103 cm³/mol. The number of hydrogen-bond donors (Lipinski definition) is 2. The van der Waals surface area contributed by atoms with E-state index in [9.17, 15) is 4.79 Å². The van der Waals surface area contributed by atoms with E-state index < -0.39 is 0 Å². The van der Waals surface area contributed by atoms with Gasteiger partial charge in [0.1, 0.15) is 0 Å². The molecule has 1 heterocycles. The average Bonchev–Trinajstić information content (AvgIpc) is 3.16. The zero-order valence-electron chi connectivity index (χ0n) is 14.6. The van der Waals surface area contributed by atoms with Crippen molar-refractivity contribution < 1.29 is 9.53 Å². The average molecular weight is 438 g/mol. The molecule has 2 aliphatic rings. The highest BCUT2D eigenvalue weighted by Gasteiger charge is 2.42. The second-order valence-electron chi connectivity index (χ2n) is 6.49. The van der Waals surface area contributed by atoms with Crippen LogP contribution >= 0.6 is 24.0 Å². The third kappa shape index (κ3) is 6.10. The molecule has 2 N–H and O–H groups in total. The molecule has 1 aliphatic heterocycles. The normalized spacial score (nSPS) is 22.5. The summed E-state index contributed by atoms with van der Waals surface area (Å²) in [7, 11) is 3.56. The van der Waals surface area contributed by atoms with Gasteiger partial charge < -0.3 is 20.3 Å². The monoisotopic (exact) mass is 438 g/mol. The minimum absolute atomic E-state index is 0. The summed E-state index contributed by atoms with van der Waals surface area (Å²) in [4.78, 5) is 18.0. The Bertz CT molecular complexity index is 413. The first-order chi connectivity index (χ1) is 10.6. The van der Waals surface area contributed by atoms with Gasteiger partial charge in [0, 0.05) is 52.9 Å². The summed E-state index contributed by atoms with van der Waals surface area (Å²) < 4.78 is 5.19. The van der Waals surface area contributed by atoms with Crippen molar-refractivity contribution in [3.05, 3.63) is 0 Å². The van der Waals surface area contributed by atoms with Crippen molar-refractivity contribution in [2.24, 2.45) is 10.4 Å². The number of aliphatic imine (C=N–C) groups is 1. The van der Waals surface area contributed by atoms with Crippen molar-refractivity contribution in [2.45, 2.75) is 45.1 Å². The van der Waals surface area contributed by atoms with Gasteiger partial charge in [-0.25, -0.2) is 0 Å². The van der Waals surface area contributed by atoms with E-state index in [1.54, 1.807) is 14.2 Å². The molecule has 134 valence electrons. The highest BCUT2D eigenvalue weighted by atomic mass is 127. The lowest BCUT2D eigenvalue weighted by atomic mass is 10.0. The van der Waals surface area contributed by atoms with Gasteiger partial charge in [-0.1, -0.05) is 6.92 Å². The van der Waals surface area contributed by atoms with Crippen LogP contribution in [0.5, 0.6) is 0 Å². The Labute approximate surface area is 156 Å². The number of halogens is 1. The molecule has 1 amide bonds. The standard InChI is InChI=1S/C16H30N4O2.HI/c1-4-14(21)20-9-5-13(11-20)19-15(17-2)18-12-16(6-7-16)8-10-22-3;/h13H,4-12H2,1-3H3,(H2,17,18,19);1H. The number of nitrogens with zero attached hydrogens (tertiary/aromatic N) is 2. The Morgan fingerprint density at radius 1 is 1.43 bits per heavy atom. The molecule has 0 aromatic heterocycles. The van der Waals surface area contributed by atoms with Crippen molar-refractivity contribution in [3.63, 3.8) is 0 Å². The molecule has 6 nitrogen and oxygen atoms in total. The van der Waals surface area contributed by atoms with Crippen LogP contribution in [0.15, 0.2) is 4.99 Å². The number of carbonyl (C=O) groups excluding carboxylic acids is 1. The van der Waals surface area contributed by atoms with Crippen molar-refractivity contribution in [1.29, 1.82) is 0 Å². The predicted octanol–water partition coefficient (Wildman–Crippen LogP) is 1.60. The van der Waals surface area contributed by atoms with Crippen molar-refractivity contribution in [2.75, 3.05) is 40.4 Å². The van der Waals surface area contributed by atoms with Crippen LogP contribution in [0.25, 0.3) is 0 Å². The maximum atomic E-state index is 11.7. The van der Waals surface area contributed by atoms with E-state index in [-0.39, 0.29) is 29.9 Å². The highest BCUT2D eigenvalue weighted by molar-refractivity contribution is 14.0. The molecule has 0 aromatic rings. The lowest BCUT2D eigenvalue weighted by molar-refractivity contribution is -0.129. The quantitative estimate of drug-likeness (QED) is 0.360. The molecule has 1 saturated heterocycles. The Hall–Kier alpha value is -0.570. The van der Waals surface area contributed by atoms with Crippen LogP contribution in [0, 0.1) is 5.41 Å². The number of nitrogens with one attached hydrogen (secondary N) is 2. The highest BCUT2D eigenvalue weighted by Crippen LogP contribution is 2.48. The van der Waals surface area contributed by atoms with E-state index in [1.807, 2.05) is 11.8 Å². The molecule has 0 radical (unpaired) electrons. The van der Waals surface area contributed by atoms with Gasteiger partial charge in [-0.3, -0.25) is 9.79 Å². The van der Waals surface area contributed by atoms with Gasteiger partial charge in [0.05, 0.1) is 0 Å². The molecule has 1 saturated carbocycles. The Morgan fingerprint density at radius 2 is 2.17 bits per heavy atom. The lowest BCUT2D eigenvalue weighted by Gasteiger charge is -2.21. The molecule has 7 heteroatoms. The van der Waals surface area contributed by atoms with Gasteiger partial charge >= 0.3 is 0 Å². The van der Waals surface area contributed by atoms with Gasteiger partial charge in [-0.2, -0.15) is 0 Å². The minimum Gasteiger partial charge on any atom is -0.385 e. The van der Waals surface area contributed by atoms with Crippen molar-refractivity contribution in [1.82, 2.24) is 15.5 Å². The fourth-order valence-electron chi connectivity index (χ4n) is 3.00.